The van der Waals surface area contributed by atoms with Crippen molar-refractivity contribution in [1.82, 2.24) is 10.3 Å². The van der Waals surface area contributed by atoms with Crippen LogP contribution in [0.4, 0.5) is 0 Å². The van der Waals surface area contributed by atoms with Gasteiger partial charge in [0.15, 0.2) is 0 Å². The summed E-state index contributed by atoms with van der Waals surface area (Å²) in [5.41, 5.74) is 3.41. The number of nitrogens with one attached hydrogen (secondary N) is 1. The summed E-state index contributed by atoms with van der Waals surface area (Å²) in [5, 5.41) is 3.91. The van der Waals surface area contributed by atoms with Crippen molar-refractivity contribution in [3.63, 3.8) is 0 Å². The molecule has 1 aliphatic rings. The number of nitrogens with zero attached hydrogens (tertiary/aromatic N) is 1. The molecule has 0 saturated carbocycles. The fourth-order valence-electron chi connectivity index (χ4n) is 2.38. The zero-order valence-electron chi connectivity index (χ0n) is 11.9. The number of aryl methyl sites for hydroxylation is 1. The highest BCUT2D eigenvalue weighted by Gasteiger charge is 2.14. The Bertz CT molecular complexity index is 682. The quantitative estimate of drug-likeness (QED) is 0.922. The Morgan fingerprint density at radius 1 is 1.29 bits per heavy atom. The van der Waals surface area contributed by atoms with E-state index in [1.807, 2.05) is 37.3 Å². The van der Waals surface area contributed by atoms with Crippen LogP contribution in [0.15, 0.2) is 42.6 Å². The predicted molar refractivity (Wildman–Crippen MR) is 86.0 cm³/mol. The molecule has 2 aromatic rings. The van der Waals surface area contributed by atoms with Gasteiger partial charge in [-0.3, -0.25) is 0 Å². The number of rotatable bonds is 3. The van der Waals surface area contributed by atoms with Gasteiger partial charge in [0.1, 0.15) is 5.75 Å². The fourth-order valence-corrected chi connectivity index (χ4v) is 2.65. The van der Waals surface area contributed by atoms with Crippen molar-refractivity contribution in [3.8, 4) is 11.6 Å². The minimum absolute atomic E-state index is 0.603. The molecule has 0 fully saturated rings. The first kappa shape index (κ1) is 14.1. The number of ether oxygens (including phenoxy) is 1. The minimum atomic E-state index is 0.603. The second kappa shape index (κ2) is 6.29. The lowest BCUT2D eigenvalue weighted by atomic mass is 10.0. The summed E-state index contributed by atoms with van der Waals surface area (Å²) in [5.74, 6) is 1.24. The van der Waals surface area contributed by atoms with Crippen molar-refractivity contribution in [3.05, 3.63) is 58.8 Å². The highest BCUT2D eigenvalue weighted by Crippen LogP contribution is 2.34. The Labute approximate surface area is 129 Å². The van der Waals surface area contributed by atoms with Crippen LogP contribution >= 0.6 is 11.6 Å². The molecule has 1 N–H and O–H groups in total. The largest absolute Gasteiger partial charge is 0.437 e. The molecule has 0 radical (unpaired) electrons. The molecule has 0 amide bonds. The van der Waals surface area contributed by atoms with E-state index in [0.29, 0.717) is 16.7 Å². The normalized spacial score (nSPS) is 14.7. The van der Waals surface area contributed by atoms with Gasteiger partial charge in [0.2, 0.25) is 5.88 Å². The van der Waals surface area contributed by atoms with Crippen LogP contribution in [0.2, 0.25) is 5.02 Å². The first-order valence-corrected chi connectivity index (χ1v) is 7.41. The number of benzene rings is 1. The van der Waals surface area contributed by atoms with Gasteiger partial charge >= 0.3 is 0 Å². The number of halogens is 1. The molecule has 0 atom stereocenters. The van der Waals surface area contributed by atoms with Crippen LogP contribution in [0.5, 0.6) is 11.6 Å². The molecule has 1 aromatic carbocycles. The summed E-state index contributed by atoms with van der Waals surface area (Å²) in [7, 11) is 0. The standard InChI is InChI=1S/C17H17ClN2O/c1-12-4-5-16(15(18)11-12)21-17-14(3-2-8-20-17)13-6-9-19-10-7-13/h2-6,8,11,19H,7,9-10H2,1H3. The summed E-state index contributed by atoms with van der Waals surface area (Å²) in [4.78, 5) is 4.37. The second-order valence-electron chi connectivity index (χ2n) is 5.08. The molecule has 21 heavy (non-hydrogen) atoms. The van der Waals surface area contributed by atoms with Gasteiger partial charge in [0.05, 0.1) is 5.02 Å². The molecule has 1 aromatic heterocycles. The first-order chi connectivity index (χ1) is 10.2. The van der Waals surface area contributed by atoms with E-state index in [9.17, 15) is 0 Å². The van der Waals surface area contributed by atoms with Crippen LogP contribution < -0.4 is 10.1 Å². The minimum Gasteiger partial charge on any atom is -0.437 e. The van der Waals surface area contributed by atoms with Crippen molar-refractivity contribution in [1.29, 1.82) is 0 Å². The molecular weight excluding hydrogens is 284 g/mol. The molecule has 108 valence electrons. The number of pyridine rings is 1. The van der Waals surface area contributed by atoms with Crippen LogP contribution in [-0.4, -0.2) is 18.1 Å². The van der Waals surface area contributed by atoms with Crippen LogP contribution in [-0.2, 0) is 0 Å². The van der Waals surface area contributed by atoms with Gasteiger partial charge in [-0.25, -0.2) is 4.98 Å². The summed E-state index contributed by atoms with van der Waals surface area (Å²) >= 11 is 6.24. The molecule has 0 bridgehead atoms. The SMILES string of the molecule is Cc1ccc(Oc2ncccc2C2=CCNCC2)c(Cl)c1. The Balaban J connectivity index is 1.93. The topological polar surface area (TPSA) is 34.1 Å². The molecule has 1 aliphatic heterocycles. The smallest absolute Gasteiger partial charge is 0.226 e. The van der Waals surface area contributed by atoms with Crippen molar-refractivity contribution in [2.24, 2.45) is 0 Å². The lowest BCUT2D eigenvalue weighted by Gasteiger charge is -2.17. The van der Waals surface area contributed by atoms with E-state index in [2.05, 4.69) is 16.4 Å². The predicted octanol–water partition coefficient (Wildman–Crippen LogP) is 4.21. The van der Waals surface area contributed by atoms with E-state index >= 15 is 0 Å². The van der Waals surface area contributed by atoms with Crippen LogP contribution in [0, 0.1) is 6.92 Å². The lowest BCUT2D eigenvalue weighted by molar-refractivity contribution is 0.461. The van der Waals surface area contributed by atoms with E-state index in [1.54, 1.807) is 6.20 Å². The van der Waals surface area contributed by atoms with Gasteiger partial charge in [0, 0.05) is 18.3 Å². The number of hydrogen-bond acceptors (Lipinski definition) is 3. The summed E-state index contributed by atoms with van der Waals surface area (Å²) < 4.78 is 5.94. The highest BCUT2D eigenvalue weighted by molar-refractivity contribution is 6.32. The number of hydrogen-bond donors (Lipinski definition) is 1. The van der Waals surface area contributed by atoms with Gasteiger partial charge in [0.25, 0.3) is 0 Å². The fraction of sp³-hybridized carbons (Fsp3) is 0.235. The third-order valence-corrected chi connectivity index (χ3v) is 3.77. The third-order valence-electron chi connectivity index (χ3n) is 3.48. The van der Waals surface area contributed by atoms with Gasteiger partial charge in [-0.05, 0) is 55.3 Å². The summed E-state index contributed by atoms with van der Waals surface area (Å²) in [6, 6.07) is 9.73. The number of aromatic nitrogens is 1. The zero-order chi connectivity index (χ0) is 14.7. The third kappa shape index (κ3) is 3.26. The van der Waals surface area contributed by atoms with Crippen LogP contribution in [0.3, 0.4) is 0 Å². The van der Waals surface area contributed by atoms with Gasteiger partial charge in [-0.2, -0.15) is 0 Å². The average molecular weight is 301 g/mol. The molecule has 0 unspecified atom stereocenters. The monoisotopic (exact) mass is 300 g/mol. The maximum atomic E-state index is 6.24. The van der Waals surface area contributed by atoms with E-state index in [-0.39, 0.29) is 0 Å². The van der Waals surface area contributed by atoms with E-state index < -0.39 is 0 Å². The molecule has 3 nitrogen and oxygen atoms in total. The van der Waals surface area contributed by atoms with Gasteiger partial charge in [-0.1, -0.05) is 23.7 Å². The molecule has 2 heterocycles. The molecular formula is C17H17ClN2O. The summed E-state index contributed by atoms with van der Waals surface area (Å²) in [6.07, 6.45) is 4.90. The Morgan fingerprint density at radius 3 is 2.95 bits per heavy atom. The van der Waals surface area contributed by atoms with E-state index in [0.717, 1.165) is 30.6 Å². The van der Waals surface area contributed by atoms with E-state index in [4.69, 9.17) is 16.3 Å². The highest BCUT2D eigenvalue weighted by atomic mass is 35.5. The Kier molecular flexibility index (Phi) is 4.23. The average Bonchev–Trinajstić information content (AvgIpc) is 2.51. The molecule has 4 heteroatoms. The van der Waals surface area contributed by atoms with Crippen molar-refractivity contribution in [2.45, 2.75) is 13.3 Å². The second-order valence-corrected chi connectivity index (χ2v) is 5.48. The maximum absolute atomic E-state index is 6.24. The van der Waals surface area contributed by atoms with Crippen LogP contribution in [0.1, 0.15) is 17.5 Å². The van der Waals surface area contributed by atoms with Crippen molar-refractivity contribution in [2.75, 3.05) is 13.1 Å². The first-order valence-electron chi connectivity index (χ1n) is 7.03. The summed E-state index contributed by atoms with van der Waals surface area (Å²) in [6.45, 7) is 3.86. The van der Waals surface area contributed by atoms with E-state index in [1.165, 1.54) is 5.57 Å². The van der Waals surface area contributed by atoms with Gasteiger partial charge < -0.3 is 10.1 Å². The molecule has 0 saturated heterocycles. The Morgan fingerprint density at radius 2 is 2.19 bits per heavy atom. The van der Waals surface area contributed by atoms with Gasteiger partial charge in [-0.15, -0.1) is 0 Å². The van der Waals surface area contributed by atoms with Crippen molar-refractivity contribution >= 4 is 17.2 Å². The molecule has 3 rings (SSSR count). The van der Waals surface area contributed by atoms with Crippen molar-refractivity contribution < 1.29 is 4.74 Å². The maximum Gasteiger partial charge on any atom is 0.226 e. The molecule has 0 spiro atoms. The zero-order valence-corrected chi connectivity index (χ0v) is 12.7. The lowest BCUT2D eigenvalue weighted by Crippen LogP contribution is -2.20. The van der Waals surface area contributed by atoms with Crippen LogP contribution in [0.25, 0.3) is 5.57 Å². The molecule has 0 aliphatic carbocycles. The Hall–Kier alpha value is -1.84.